The lowest BCUT2D eigenvalue weighted by Crippen LogP contribution is -2.27. The number of H-pyrrole nitrogens is 1. The molecular weight excluding hydrogens is 264 g/mol. The van der Waals surface area contributed by atoms with Crippen molar-refractivity contribution in [2.75, 3.05) is 0 Å². The van der Waals surface area contributed by atoms with Gasteiger partial charge >= 0.3 is 0 Å². The van der Waals surface area contributed by atoms with Gasteiger partial charge in [0.1, 0.15) is 5.82 Å². The van der Waals surface area contributed by atoms with Crippen molar-refractivity contribution in [1.82, 2.24) is 20.5 Å². The van der Waals surface area contributed by atoms with Crippen molar-refractivity contribution < 1.29 is 4.79 Å². The van der Waals surface area contributed by atoms with Gasteiger partial charge in [0.2, 0.25) is 5.91 Å². The second kappa shape index (κ2) is 7.57. The summed E-state index contributed by atoms with van der Waals surface area (Å²) in [6, 6.07) is 10.2. The number of nitrogens with one attached hydrogen (secondary N) is 2. The molecule has 112 valence electrons. The molecule has 1 amide bonds. The summed E-state index contributed by atoms with van der Waals surface area (Å²) in [5.74, 6) is 1.44. The third-order valence-corrected chi connectivity index (χ3v) is 3.34. The van der Waals surface area contributed by atoms with Gasteiger partial charge in [0.25, 0.3) is 0 Å². The number of hydrogen-bond acceptors (Lipinski definition) is 3. The molecule has 0 bridgehead atoms. The summed E-state index contributed by atoms with van der Waals surface area (Å²) < 4.78 is 0. The SMILES string of the molecule is Cc1nc(C(C)NC(=O)CCCCc2ccccc2)n[nH]1. The molecule has 2 aromatic rings. The van der Waals surface area contributed by atoms with Crippen LogP contribution in [0.25, 0.3) is 0 Å². The van der Waals surface area contributed by atoms with Crippen molar-refractivity contribution in [2.24, 2.45) is 0 Å². The third kappa shape index (κ3) is 5.02. The van der Waals surface area contributed by atoms with E-state index < -0.39 is 0 Å². The van der Waals surface area contributed by atoms with E-state index in [0.29, 0.717) is 12.2 Å². The number of rotatable bonds is 7. The van der Waals surface area contributed by atoms with Gasteiger partial charge in [-0.3, -0.25) is 9.89 Å². The Kier molecular flexibility index (Phi) is 5.49. The minimum absolute atomic E-state index is 0.0537. The highest BCUT2D eigenvalue weighted by Gasteiger charge is 2.13. The van der Waals surface area contributed by atoms with Crippen LogP contribution < -0.4 is 5.32 Å². The lowest BCUT2D eigenvalue weighted by molar-refractivity contribution is -0.121. The van der Waals surface area contributed by atoms with Crippen molar-refractivity contribution in [3.63, 3.8) is 0 Å². The monoisotopic (exact) mass is 286 g/mol. The molecule has 0 saturated carbocycles. The summed E-state index contributed by atoms with van der Waals surface area (Å²) in [5.41, 5.74) is 1.32. The van der Waals surface area contributed by atoms with Crippen LogP contribution >= 0.6 is 0 Å². The smallest absolute Gasteiger partial charge is 0.220 e. The Labute approximate surface area is 125 Å². The Hall–Kier alpha value is -2.17. The van der Waals surface area contributed by atoms with Crippen molar-refractivity contribution in [2.45, 2.75) is 45.6 Å². The van der Waals surface area contributed by atoms with Crippen molar-refractivity contribution in [3.05, 3.63) is 47.5 Å². The molecule has 5 heteroatoms. The first-order valence-electron chi connectivity index (χ1n) is 7.37. The van der Waals surface area contributed by atoms with Gasteiger partial charge in [-0.2, -0.15) is 5.10 Å². The van der Waals surface area contributed by atoms with Gasteiger partial charge in [0.05, 0.1) is 6.04 Å². The van der Waals surface area contributed by atoms with Crippen LogP contribution in [0.5, 0.6) is 0 Å². The fourth-order valence-corrected chi connectivity index (χ4v) is 2.19. The summed E-state index contributed by atoms with van der Waals surface area (Å²) in [5, 5.41) is 9.76. The van der Waals surface area contributed by atoms with Gasteiger partial charge in [0, 0.05) is 6.42 Å². The van der Waals surface area contributed by atoms with Crippen LogP contribution in [-0.2, 0) is 11.2 Å². The summed E-state index contributed by atoms with van der Waals surface area (Å²) in [7, 11) is 0. The first-order valence-corrected chi connectivity index (χ1v) is 7.37. The van der Waals surface area contributed by atoms with Gasteiger partial charge in [0.15, 0.2) is 5.82 Å². The summed E-state index contributed by atoms with van der Waals surface area (Å²) in [6.07, 6.45) is 3.47. The molecule has 1 aromatic carbocycles. The predicted octanol–water partition coefficient (Wildman–Crippen LogP) is 2.70. The number of aromatic nitrogens is 3. The average molecular weight is 286 g/mol. The number of amides is 1. The van der Waals surface area contributed by atoms with Gasteiger partial charge in [-0.25, -0.2) is 4.98 Å². The minimum Gasteiger partial charge on any atom is -0.346 e. The topological polar surface area (TPSA) is 70.7 Å². The molecule has 0 aliphatic rings. The van der Waals surface area contributed by atoms with Gasteiger partial charge in [-0.1, -0.05) is 30.3 Å². The van der Waals surface area contributed by atoms with E-state index in [2.05, 4.69) is 32.6 Å². The van der Waals surface area contributed by atoms with Crippen molar-refractivity contribution in [1.29, 1.82) is 0 Å². The lowest BCUT2D eigenvalue weighted by Gasteiger charge is -2.10. The zero-order chi connectivity index (χ0) is 15.1. The quantitative estimate of drug-likeness (QED) is 0.769. The number of benzene rings is 1. The van der Waals surface area contributed by atoms with Crippen LogP contribution in [-0.4, -0.2) is 21.1 Å². The molecule has 1 aromatic heterocycles. The molecule has 0 aliphatic carbocycles. The first kappa shape index (κ1) is 15.2. The molecule has 0 radical (unpaired) electrons. The molecule has 1 atom stereocenters. The maximum Gasteiger partial charge on any atom is 0.220 e. The Morgan fingerprint density at radius 1 is 1.29 bits per heavy atom. The summed E-state index contributed by atoms with van der Waals surface area (Å²) >= 11 is 0. The normalized spacial score (nSPS) is 12.1. The van der Waals surface area contributed by atoms with Crippen LogP contribution in [0.3, 0.4) is 0 Å². The number of aryl methyl sites for hydroxylation is 2. The molecule has 0 saturated heterocycles. The van der Waals surface area contributed by atoms with Gasteiger partial charge < -0.3 is 5.32 Å². The molecule has 2 rings (SSSR count). The molecule has 1 heterocycles. The largest absolute Gasteiger partial charge is 0.346 e. The Morgan fingerprint density at radius 2 is 2.05 bits per heavy atom. The number of unbranched alkanes of at least 4 members (excludes halogenated alkanes) is 1. The standard InChI is InChI=1S/C16H22N4O/c1-12(16-18-13(2)19-20-16)17-15(21)11-7-6-10-14-8-4-3-5-9-14/h3-5,8-9,12H,6-7,10-11H2,1-2H3,(H,17,21)(H,18,19,20). The van der Waals surface area contributed by atoms with E-state index in [9.17, 15) is 4.79 Å². The van der Waals surface area contributed by atoms with Gasteiger partial charge in [-0.05, 0) is 38.7 Å². The summed E-state index contributed by atoms with van der Waals surface area (Å²) in [4.78, 5) is 16.1. The van der Waals surface area contributed by atoms with E-state index in [0.717, 1.165) is 25.1 Å². The number of aromatic amines is 1. The van der Waals surface area contributed by atoms with E-state index in [1.807, 2.05) is 32.0 Å². The van der Waals surface area contributed by atoms with Crippen LogP contribution in [0, 0.1) is 6.92 Å². The Morgan fingerprint density at radius 3 is 2.71 bits per heavy atom. The second-order valence-electron chi connectivity index (χ2n) is 5.26. The number of carbonyl (C=O) groups is 1. The highest BCUT2D eigenvalue weighted by atomic mass is 16.1. The zero-order valence-electron chi connectivity index (χ0n) is 12.6. The maximum atomic E-state index is 11.9. The average Bonchev–Trinajstić information content (AvgIpc) is 2.91. The molecule has 0 fully saturated rings. The fraction of sp³-hybridized carbons (Fsp3) is 0.438. The van der Waals surface area contributed by atoms with Crippen LogP contribution in [0.4, 0.5) is 0 Å². The molecule has 0 spiro atoms. The predicted molar refractivity (Wildman–Crippen MR) is 81.7 cm³/mol. The number of carbonyl (C=O) groups excluding carboxylic acids is 1. The van der Waals surface area contributed by atoms with Crippen LogP contribution in [0.15, 0.2) is 30.3 Å². The number of hydrogen-bond donors (Lipinski definition) is 2. The van der Waals surface area contributed by atoms with E-state index >= 15 is 0 Å². The highest BCUT2D eigenvalue weighted by molar-refractivity contribution is 5.76. The van der Waals surface area contributed by atoms with Crippen molar-refractivity contribution >= 4 is 5.91 Å². The zero-order valence-corrected chi connectivity index (χ0v) is 12.6. The number of nitrogens with zero attached hydrogens (tertiary/aromatic N) is 2. The summed E-state index contributed by atoms with van der Waals surface area (Å²) in [6.45, 7) is 3.74. The second-order valence-corrected chi connectivity index (χ2v) is 5.26. The molecule has 2 N–H and O–H groups in total. The molecule has 0 aliphatic heterocycles. The Balaban J connectivity index is 1.65. The molecule has 21 heavy (non-hydrogen) atoms. The highest BCUT2D eigenvalue weighted by Crippen LogP contribution is 2.09. The molecule has 1 unspecified atom stereocenters. The Bertz CT molecular complexity index is 565. The third-order valence-electron chi connectivity index (χ3n) is 3.34. The lowest BCUT2D eigenvalue weighted by atomic mass is 10.1. The van der Waals surface area contributed by atoms with Crippen LogP contribution in [0.1, 0.15) is 49.4 Å². The van der Waals surface area contributed by atoms with Crippen molar-refractivity contribution in [3.8, 4) is 0 Å². The van der Waals surface area contributed by atoms with E-state index in [4.69, 9.17) is 0 Å². The molecular formula is C16H22N4O. The fourth-order valence-electron chi connectivity index (χ4n) is 2.19. The van der Waals surface area contributed by atoms with Crippen LogP contribution in [0.2, 0.25) is 0 Å². The first-order chi connectivity index (χ1) is 10.1. The van der Waals surface area contributed by atoms with E-state index in [1.54, 1.807) is 0 Å². The van der Waals surface area contributed by atoms with E-state index in [1.165, 1.54) is 5.56 Å². The van der Waals surface area contributed by atoms with E-state index in [-0.39, 0.29) is 11.9 Å². The van der Waals surface area contributed by atoms with Gasteiger partial charge in [-0.15, -0.1) is 0 Å². The minimum atomic E-state index is -0.156. The molecule has 5 nitrogen and oxygen atoms in total. The maximum absolute atomic E-state index is 11.9.